The first kappa shape index (κ1) is 30.3. The number of aliphatic hydroxyl groups is 1. The van der Waals surface area contributed by atoms with Crippen molar-refractivity contribution in [2.75, 3.05) is 13.2 Å². The van der Waals surface area contributed by atoms with E-state index in [9.17, 15) is 24.3 Å². The standard InChI is InChI=1S/C24H36O11/c1-13(2)8-9-19(29)14(3)10-11-30-24-23(34-18(7)28)22(33-17(6)27)21(32-16(5)26)20(35-24)12-31-15(4)25/h8,10,19-24,29H,9,11-12H2,1-7H3/b14-10+/t19-,20+,21+,22-,23+,24+/m0/s1. The van der Waals surface area contributed by atoms with Crippen molar-refractivity contribution in [3.05, 3.63) is 23.3 Å². The van der Waals surface area contributed by atoms with Gasteiger partial charge in [-0.3, -0.25) is 19.2 Å². The van der Waals surface area contributed by atoms with Gasteiger partial charge in [-0.25, -0.2) is 0 Å². The number of rotatable bonds is 11. The molecule has 0 aromatic heterocycles. The summed E-state index contributed by atoms with van der Waals surface area (Å²) in [6.07, 6.45) is -2.94. The lowest BCUT2D eigenvalue weighted by Gasteiger charge is -2.43. The molecule has 35 heavy (non-hydrogen) atoms. The van der Waals surface area contributed by atoms with E-state index in [0.29, 0.717) is 12.0 Å². The van der Waals surface area contributed by atoms with Gasteiger partial charge in [-0.1, -0.05) is 17.7 Å². The normalized spacial score (nSPS) is 25.1. The average Bonchev–Trinajstić information content (AvgIpc) is 2.73. The van der Waals surface area contributed by atoms with E-state index in [1.54, 1.807) is 13.0 Å². The minimum absolute atomic E-state index is 0.0501. The summed E-state index contributed by atoms with van der Waals surface area (Å²) in [6, 6.07) is 0. The van der Waals surface area contributed by atoms with E-state index in [0.717, 1.165) is 26.3 Å². The first-order valence-electron chi connectivity index (χ1n) is 11.2. The summed E-state index contributed by atoms with van der Waals surface area (Å²) < 4.78 is 32.6. The molecule has 1 aliphatic heterocycles. The molecule has 0 aromatic rings. The molecule has 6 atom stereocenters. The number of hydrogen-bond acceptors (Lipinski definition) is 11. The molecule has 0 aromatic carbocycles. The fourth-order valence-electron chi connectivity index (χ4n) is 3.27. The number of aliphatic hydroxyl groups excluding tert-OH is 1. The molecule has 11 heteroatoms. The highest BCUT2D eigenvalue weighted by molar-refractivity contribution is 5.68. The van der Waals surface area contributed by atoms with E-state index in [1.165, 1.54) is 6.92 Å². The third-order valence-electron chi connectivity index (χ3n) is 4.89. The van der Waals surface area contributed by atoms with E-state index in [4.69, 9.17) is 28.4 Å². The zero-order valence-corrected chi connectivity index (χ0v) is 21.3. The second-order valence-electron chi connectivity index (χ2n) is 8.38. The van der Waals surface area contributed by atoms with Crippen LogP contribution in [0.25, 0.3) is 0 Å². The quantitative estimate of drug-likeness (QED) is 0.252. The van der Waals surface area contributed by atoms with Crippen molar-refractivity contribution in [3.63, 3.8) is 0 Å². The highest BCUT2D eigenvalue weighted by atomic mass is 16.7. The Hall–Kier alpha value is -2.76. The number of ether oxygens (including phenoxy) is 6. The summed E-state index contributed by atoms with van der Waals surface area (Å²) >= 11 is 0. The first-order valence-corrected chi connectivity index (χ1v) is 11.2. The summed E-state index contributed by atoms with van der Waals surface area (Å²) in [5, 5.41) is 10.3. The van der Waals surface area contributed by atoms with Gasteiger partial charge in [0.1, 0.15) is 12.7 Å². The number of allylic oxidation sites excluding steroid dienone is 1. The zero-order chi connectivity index (χ0) is 26.7. The minimum Gasteiger partial charge on any atom is -0.463 e. The highest BCUT2D eigenvalue weighted by Crippen LogP contribution is 2.30. The molecule has 1 aliphatic rings. The Morgan fingerprint density at radius 3 is 1.86 bits per heavy atom. The smallest absolute Gasteiger partial charge is 0.303 e. The Balaban J connectivity index is 3.20. The van der Waals surface area contributed by atoms with Crippen LogP contribution in [-0.4, -0.2) is 79.0 Å². The number of carbonyl (C=O) groups excluding carboxylic acids is 4. The molecule has 1 heterocycles. The first-order chi connectivity index (χ1) is 16.3. The van der Waals surface area contributed by atoms with Crippen LogP contribution in [0.3, 0.4) is 0 Å². The second-order valence-corrected chi connectivity index (χ2v) is 8.38. The van der Waals surface area contributed by atoms with E-state index < -0.39 is 60.7 Å². The van der Waals surface area contributed by atoms with E-state index in [2.05, 4.69) is 0 Å². The molecular weight excluding hydrogens is 464 g/mol. The number of hydrogen-bond donors (Lipinski definition) is 1. The van der Waals surface area contributed by atoms with E-state index in [1.807, 2.05) is 19.9 Å². The van der Waals surface area contributed by atoms with Gasteiger partial charge in [0.05, 0.1) is 12.7 Å². The molecular formula is C24H36O11. The van der Waals surface area contributed by atoms with Crippen LogP contribution in [0.4, 0.5) is 0 Å². The van der Waals surface area contributed by atoms with Crippen LogP contribution in [-0.2, 0) is 47.6 Å². The molecule has 0 radical (unpaired) electrons. The van der Waals surface area contributed by atoms with Crippen molar-refractivity contribution < 1.29 is 52.7 Å². The molecule has 0 amide bonds. The predicted octanol–water partition coefficient (Wildman–Crippen LogP) is 1.75. The summed E-state index contributed by atoms with van der Waals surface area (Å²) in [6.45, 7) is 9.83. The second kappa shape index (κ2) is 14.6. The molecule has 0 unspecified atom stereocenters. The summed E-state index contributed by atoms with van der Waals surface area (Å²) in [7, 11) is 0. The van der Waals surface area contributed by atoms with Gasteiger partial charge in [-0.2, -0.15) is 0 Å². The Morgan fingerprint density at radius 1 is 0.800 bits per heavy atom. The zero-order valence-electron chi connectivity index (χ0n) is 21.3. The molecule has 1 N–H and O–H groups in total. The molecule has 1 fully saturated rings. The van der Waals surface area contributed by atoms with Gasteiger partial charge >= 0.3 is 23.9 Å². The summed E-state index contributed by atoms with van der Waals surface area (Å²) in [5.41, 5.74) is 1.72. The van der Waals surface area contributed by atoms with Gasteiger partial charge in [-0.15, -0.1) is 0 Å². The predicted molar refractivity (Wildman–Crippen MR) is 122 cm³/mol. The van der Waals surface area contributed by atoms with Crippen LogP contribution in [0.5, 0.6) is 0 Å². The van der Waals surface area contributed by atoms with Crippen LogP contribution in [0.15, 0.2) is 23.3 Å². The van der Waals surface area contributed by atoms with Crippen molar-refractivity contribution in [3.8, 4) is 0 Å². The van der Waals surface area contributed by atoms with Gasteiger partial charge in [0, 0.05) is 27.7 Å². The van der Waals surface area contributed by atoms with Crippen LogP contribution in [0.1, 0.15) is 54.9 Å². The third-order valence-corrected chi connectivity index (χ3v) is 4.89. The van der Waals surface area contributed by atoms with Crippen molar-refractivity contribution in [1.82, 2.24) is 0 Å². The van der Waals surface area contributed by atoms with Crippen LogP contribution >= 0.6 is 0 Å². The molecule has 198 valence electrons. The molecule has 11 nitrogen and oxygen atoms in total. The SMILES string of the molecule is CC(=O)OC[C@H]1O[C@@H](OC/C=C(\C)[C@@H](O)CC=C(C)C)[C@H](OC(C)=O)[C@@H](OC(C)=O)[C@@H]1OC(C)=O. The van der Waals surface area contributed by atoms with Gasteiger partial charge in [-0.05, 0) is 32.8 Å². The van der Waals surface area contributed by atoms with Gasteiger partial charge < -0.3 is 33.5 Å². The van der Waals surface area contributed by atoms with Crippen molar-refractivity contribution >= 4 is 23.9 Å². The fraction of sp³-hybridized carbons (Fsp3) is 0.667. The molecule has 1 rings (SSSR count). The molecule has 0 spiro atoms. The average molecular weight is 501 g/mol. The molecule has 0 bridgehead atoms. The molecule has 0 aliphatic carbocycles. The van der Waals surface area contributed by atoms with Crippen molar-refractivity contribution in [1.29, 1.82) is 0 Å². The maximum absolute atomic E-state index is 11.8. The summed E-state index contributed by atoms with van der Waals surface area (Å²) in [5.74, 6) is -2.77. The lowest BCUT2D eigenvalue weighted by molar-refractivity contribution is -0.306. The number of carbonyl (C=O) groups is 4. The van der Waals surface area contributed by atoms with E-state index in [-0.39, 0.29) is 13.2 Å². The van der Waals surface area contributed by atoms with Gasteiger partial charge in [0.2, 0.25) is 0 Å². The van der Waals surface area contributed by atoms with E-state index >= 15 is 0 Å². The Kier molecular flexibility index (Phi) is 12.6. The highest BCUT2D eigenvalue weighted by Gasteiger charge is 2.52. The third kappa shape index (κ3) is 11.0. The molecule has 0 saturated carbocycles. The van der Waals surface area contributed by atoms with Crippen molar-refractivity contribution in [2.24, 2.45) is 0 Å². The van der Waals surface area contributed by atoms with Gasteiger partial charge in [0.15, 0.2) is 24.6 Å². The lowest BCUT2D eigenvalue weighted by Crippen LogP contribution is -2.62. The Labute approximate surface area is 205 Å². The lowest BCUT2D eigenvalue weighted by atomic mass is 9.98. The minimum atomic E-state index is -1.30. The monoisotopic (exact) mass is 500 g/mol. The maximum Gasteiger partial charge on any atom is 0.303 e. The van der Waals surface area contributed by atoms with Crippen molar-refractivity contribution in [2.45, 2.75) is 91.7 Å². The van der Waals surface area contributed by atoms with Crippen LogP contribution < -0.4 is 0 Å². The van der Waals surface area contributed by atoms with Crippen LogP contribution in [0.2, 0.25) is 0 Å². The maximum atomic E-state index is 11.8. The Bertz CT molecular complexity index is 812. The Morgan fingerprint density at radius 2 is 1.34 bits per heavy atom. The topological polar surface area (TPSA) is 144 Å². The van der Waals surface area contributed by atoms with Crippen LogP contribution in [0, 0.1) is 0 Å². The largest absolute Gasteiger partial charge is 0.463 e. The molecule has 1 saturated heterocycles. The summed E-state index contributed by atoms with van der Waals surface area (Å²) in [4.78, 5) is 46.7. The fourth-order valence-corrected chi connectivity index (χ4v) is 3.27. The number of esters is 4. The van der Waals surface area contributed by atoms with Gasteiger partial charge in [0.25, 0.3) is 0 Å².